The highest BCUT2D eigenvalue weighted by molar-refractivity contribution is 5.46. The van der Waals surface area contributed by atoms with Crippen molar-refractivity contribution in [1.82, 2.24) is 9.80 Å². The van der Waals surface area contributed by atoms with Crippen LogP contribution in [0.25, 0.3) is 0 Å². The fraction of sp³-hybridized carbons (Fsp3) is 0.625. The van der Waals surface area contributed by atoms with Crippen molar-refractivity contribution in [3.8, 4) is 0 Å². The predicted octanol–water partition coefficient (Wildman–Crippen LogP) is 1.90. The van der Waals surface area contributed by atoms with E-state index in [-0.39, 0.29) is 0 Å². The Morgan fingerprint density at radius 2 is 1.68 bits per heavy atom. The average molecular weight is 259 g/mol. The van der Waals surface area contributed by atoms with Gasteiger partial charge in [-0.3, -0.25) is 4.90 Å². The van der Waals surface area contributed by atoms with E-state index in [2.05, 4.69) is 52.1 Å². The van der Waals surface area contributed by atoms with Crippen LogP contribution in [0.5, 0.6) is 0 Å². The van der Waals surface area contributed by atoms with E-state index in [1.165, 1.54) is 57.8 Å². The van der Waals surface area contributed by atoms with E-state index in [1.54, 1.807) is 0 Å². The van der Waals surface area contributed by atoms with Gasteiger partial charge in [0.05, 0.1) is 0 Å². The number of anilines is 1. The van der Waals surface area contributed by atoms with Crippen molar-refractivity contribution in [3.63, 3.8) is 0 Å². The lowest BCUT2D eigenvalue weighted by atomic mass is 10.0. The lowest BCUT2D eigenvalue weighted by Gasteiger charge is -2.43. The van der Waals surface area contributed by atoms with E-state index in [1.807, 2.05) is 0 Å². The second kappa shape index (κ2) is 5.93. The molecule has 2 fully saturated rings. The summed E-state index contributed by atoms with van der Waals surface area (Å²) in [6.07, 6.45) is 2.75. The summed E-state index contributed by atoms with van der Waals surface area (Å²) in [6, 6.07) is 11.6. The van der Waals surface area contributed by atoms with Crippen LogP contribution in [0.1, 0.15) is 12.8 Å². The Morgan fingerprint density at radius 3 is 2.37 bits per heavy atom. The molecule has 0 radical (unpaired) electrons. The molecule has 1 aromatic carbocycles. The van der Waals surface area contributed by atoms with Crippen molar-refractivity contribution in [1.29, 1.82) is 0 Å². The molecule has 0 saturated carbocycles. The van der Waals surface area contributed by atoms with Gasteiger partial charge in [0.25, 0.3) is 0 Å². The molecule has 0 aliphatic carbocycles. The van der Waals surface area contributed by atoms with Gasteiger partial charge < -0.3 is 9.80 Å². The first-order valence-electron chi connectivity index (χ1n) is 7.55. The normalized spacial score (nSPS) is 26.6. The van der Waals surface area contributed by atoms with Gasteiger partial charge in [-0.15, -0.1) is 0 Å². The van der Waals surface area contributed by atoms with Crippen LogP contribution >= 0.6 is 0 Å². The summed E-state index contributed by atoms with van der Waals surface area (Å²) in [6.45, 7) is 7.31. The van der Waals surface area contributed by atoms with E-state index in [0.29, 0.717) is 0 Å². The Labute approximate surface area is 116 Å². The van der Waals surface area contributed by atoms with Gasteiger partial charge in [-0.2, -0.15) is 0 Å². The SMILES string of the molecule is CN1CCC[C@@H](N2CCN(c3ccccc3)CC2)C1. The maximum absolute atomic E-state index is 2.70. The van der Waals surface area contributed by atoms with Crippen molar-refractivity contribution in [2.75, 3.05) is 51.2 Å². The predicted molar refractivity (Wildman–Crippen MR) is 80.7 cm³/mol. The first-order valence-corrected chi connectivity index (χ1v) is 7.55. The maximum Gasteiger partial charge on any atom is 0.0367 e. The van der Waals surface area contributed by atoms with E-state index in [9.17, 15) is 0 Å². The molecular formula is C16H25N3. The van der Waals surface area contributed by atoms with Crippen LogP contribution in [0.4, 0.5) is 5.69 Å². The van der Waals surface area contributed by atoms with Gasteiger partial charge in [0.1, 0.15) is 0 Å². The second-order valence-corrected chi connectivity index (χ2v) is 5.92. The molecule has 1 aromatic rings. The number of rotatable bonds is 2. The lowest BCUT2D eigenvalue weighted by molar-refractivity contribution is 0.106. The molecule has 19 heavy (non-hydrogen) atoms. The molecule has 0 amide bonds. The summed E-state index contributed by atoms with van der Waals surface area (Å²) in [7, 11) is 2.26. The smallest absolute Gasteiger partial charge is 0.0367 e. The van der Waals surface area contributed by atoms with Crippen LogP contribution < -0.4 is 4.90 Å². The first kappa shape index (κ1) is 12.9. The Morgan fingerprint density at radius 1 is 0.947 bits per heavy atom. The third kappa shape index (κ3) is 3.10. The Kier molecular flexibility index (Phi) is 4.04. The lowest BCUT2D eigenvalue weighted by Crippen LogP contribution is -2.54. The molecule has 2 saturated heterocycles. The fourth-order valence-corrected chi connectivity index (χ4v) is 3.42. The van der Waals surface area contributed by atoms with E-state index in [4.69, 9.17) is 0 Å². The standard InChI is InChI=1S/C16H25N3/c1-17-9-5-8-16(14-17)19-12-10-18(11-13-19)15-6-3-2-4-7-15/h2-4,6-7,16H,5,8-14H2,1H3/t16-/m1/s1. The molecule has 2 heterocycles. The van der Waals surface area contributed by atoms with E-state index >= 15 is 0 Å². The highest BCUT2D eigenvalue weighted by Crippen LogP contribution is 2.20. The fourth-order valence-electron chi connectivity index (χ4n) is 3.42. The minimum Gasteiger partial charge on any atom is -0.369 e. The molecule has 3 nitrogen and oxygen atoms in total. The van der Waals surface area contributed by atoms with Crippen molar-refractivity contribution in [2.45, 2.75) is 18.9 Å². The highest BCUT2D eigenvalue weighted by Gasteiger charge is 2.26. The van der Waals surface area contributed by atoms with Crippen molar-refractivity contribution < 1.29 is 0 Å². The van der Waals surface area contributed by atoms with Gasteiger partial charge in [-0.1, -0.05) is 18.2 Å². The highest BCUT2D eigenvalue weighted by atomic mass is 15.3. The number of para-hydroxylation sites is 1. The summed E-state index contributed by atoms with van der Waals surface area (Å²) in [4.78, 5) is 7.70. The van der Waals surface area contributed by atoms with Crippen LogP contribution in [0.15, 0.2) is 30.3 Å². The third-order valence-electron chi connectivity index (χ3n) is 4.55. The second-order valence-electron chi connectivity index (χ2n) is 5.92. The molecule has 3 heteroatoms. The molecule has 0 unspecified atom stereocenters. The van der Waals surface area contributed by atoms with Gasteiger partial charge in [0.15, 0.2) is 0 Å². The average Bonchev–Trinajstić information content (AvgIpc) is 2.48. The zero-order chi connectivity index (χ0) is 13.1. The molecule has 0 N–H and O–H groups in total. The van der Waals surface area contributed by atoms with Gasteiger partial charge in [-0.05, 0) is 38.6 Å². The molecule has 2 aliphatic rings. The Balaban J connectivity index is 1.54. The zero-order valence-electron chi connectivity index (χ0n) is 12.0. The number of nitrogens with zero attached hydrogens (tertiary/aromatic N) is 3. The molecule has 104 valence electrons. The number of benzene rings is 1. The summed E-state index contributed by atoms with van der Waals surface area (Å²) >= 11 is 0. The number of piperazine rings is 1. The number of hydrogen-bond donors (Lipinski definition) is 0. The van der Waals surface area contributed by atoms with Crippen molar-refractivity contribution in [3.05, 3.63) is 30.3 Å². The summed E-state index contributed by atoms with van der Waals surface area (Å²) in [5.74, 6) is 0. The number of piperidine rings is 1. The molecule has 2 aliphatic heterocycles. The molecule has 1 atom stereocenters. The number of likely N-dealkylation sites (N-methyl/N-ethyl adjacent to an activating group) is 1. The van der Waals surface area contributed by atoms with Gasteiger partial charge in [-0.25, -0.2) is 0 Å². The molecular weight excluding hydrogens is 234 g/mol. The van der Waals surface area contributed by atoms with E-state index in [0.717, 1.165) is 6.04 Å². The largest absolute Gasteiger partial charge is 0.369 e. The number of hydrogen-bond acceptors (Lipinski definition) is 3. The van der Waals surface area contributed by atoms with Crippen LogP contribution in [-0.4, -0.2) is 62.2 Å². The summed E-state index contributed by atoms with van der Waals surface area (Å²) < 4.78 is 0. The Hall–Kier alpha value is -1.06. The third-order valence-corrected chi connectivity index (χ3v) is 4.55. The minimum absolute atomic E-state index is 0.789. The van der Waals surface area contributed by atoms with E-state index < -0.39 is 0 Å². The van der Waals surface area contributed by atoms with Gasteiger partial charge in [0.2, 0.25) is 0 Å². The maximum atomic E-state index is 2.70. The van der Waals surface area contributed by atoms with Crippen LogP contribution in [0.3, 0.4) is 0 Å². The van der Waals surface area contributed by atoms with Gasteiger partial charge in [0, 0.05) is 44.5 Å². The quantitative estimate of drug-likeness (QED) is 0.803. The van der Waals surface area contributed by atoms with Crippen molar-refractivity contribution in [2.24, 2.45) is 0 Å². The number of likely N-dealkylation sites (tertiary alicyclic amines) is 1. The summed E-state index contributed by atoms with van der Waals surface area (Å²) in [5, 5.41) is 0. The Bertz CT molecular complexity index is 384. The minimum atomic E-state index is 0.789. The molecule has 0 bridgehead atoms. The molecule has 3 rings (SSSR count). The molecule has 0 aromatic heterocycles. The monoisotopic (exact) mass is 259 g/mol. The zero-order valence-corrected chi connectivity index (χ0v) is 12.0. The van der Waals surface area contributed by atoms with Crippen LogP contribution in [0, 0.1) is 0 Å². The topological polar surface area (TPSA) is 9.72 Å². The first-order chi connectivity index (χ1) is 9.33. The van der Waals surface area contributed by atoms with Crippen LogP contribution in [0.2, 0.25) is 0 Å². The van der Waals surface area contributed by atoms with Crippen molar-refractivity contribution >= 4 is 5.69 Å². The van der Waals surface area contributed by atoms with Crippen LogP contribution in [-0.2, 0) is 0 Å². The van der Waals surface area contributed by atoms with Gasteiger partial charge >= 0.3 is 0 Å². The summed E-state index contributed by atoms with van der Waals surface area (Å²) in [5.41, 5.74) is 1.38. The molecule has 0 spiro atoms.